The number of aldehydes is 1. The second kappa shape index (κ2) is 7.31. The maximum Gasteiger partial charge on any atom is 0.137 e. The summed E-state index contributed by atoms with van der Waals surface area (Å²) in [6.45, 7) is 8.55. The van der Waals surface area contributed by atoms with Gasteiger partial charge in [0.1, 0.15) is 18.3 Å². The number of hydrogen-bond donors (Lipinski definition) is 1. The monoisotopic (exact) mass is 250 g/mol. The Kier molecular flexibility index (Phi) is 6.05. The summed E-state index contributed by atoms with van der Waals surface area (Å²) in [5.41, 5.74) is 0. The molecule has 4 nitrogen and oxygen atoms in total. The zero-order valence-electron chi connectivity index (χ0n) is 11.8. The molecule has 0 fully saturated rings. The van der Waals surface area contributed by atoms with Crippen LogP contribution in [0.5, 0.6) is 0 Å². The number of imidazole rings is 1. The van der Waals surface area contributed by atoms with E-state index in [0.29, 0.717) is 12.1 Å². The third kappa shape index (κ3) is 4.26. The average molecular weight is 250 g/mol. The van der Waals surface area contributed by atoms with Crippen LogP contribution in [0.25, 0.3) is 0 Å². The van der Waals surface area contributed by atoms with Gasteiger partial charge in [-0.2, -0.15) is 0 Å². The molecule has 1 N–H and O–H groups in total. The molecule has 1 aromatic heterocycles. The maximum atomic E-state index is 11.3. The molecule has 101 valence electrons. The fourth-order valence-corrected chi connectivity index (χ4v) is 2.51. The Bertz CT molecular complexity index is 325. The SMILES string of the molecule is CC(C)N(C(C)C)C(C=O)CCCc1n[c]c[nH]1. The van der Waals surface area contributed by atoms with Crippen LogP contribution in [-0.2, 0) is 11.2 Å². The Labute approximate surface area is 110 Å². The fourth-order valence-electron chi connectivity index (χ4n) is 2.51. The van der Waals surface area contributed by atoms with Crippen molar-refractivity contribution in [3.63, 3.8) is 0 Å². The highest BCUT2D eigenvalue weighted by molar-refractivity contribution is 5.57. The lowest BCUT2D eigenvalue weighted by molar-refractivity contribution is -0.114. The first-order valence-electron chi connectivity index (χ1n) is 6.69. The summed E-state index contributed by atoms with van der Waals surface area (Å²) in [6, 6.07) is 0.776. The Balaban J connectivity index is 2.47. The van der Waals surface area contributed by atoms with Gasteiger partial charge in [0, 0.05) is 24.7 Å². The first-order chi connectivity index (χ1) is 8.56. The van der Waals surface area contributed by atoms with Crippen LogP contribution in [0.3, 0.4) is 0 Å². The summed E-state index contributed by atoms with van der Waals surface area (Å²) >= 11 is 0. The first-order valence-corrected chi connectivity index (χ1v) is 6.69. The molecular weight excluding hydrogens is 226 g/mol. The molecule has 1 aromatic rings. The minimum Gasteiger partial charge on any atom is -0.348 e. The quantitative estimate of drug-likeness (QED) is 0.720. The van der Waals surface area contributed by atoms with Crippen molar-refractivity contribution in [3.8, 4) is 0 Å². The standard InChI is InChI=1S/C14H24N3O/c1-11(2)17(12(3)4)13(10-18)6-5-7-14-15-8-9-16-14/h8,10-13H,5-7H2,1-4H3,(H,15,16). The highest BCUT2D eigenvalue weighted by atomic mass is 16.1. The first kappa shape index (κ1) is 14.9. The van der Waals surface area contributed by atoms with Gasteiger partial charge in [-0.05, 0) is 40.5 Å². The lowest BCUT2D eigenvalue weighted by atomic mass is 10.1. The molecule has 0 bridgehead atoms. The number of rotatable bonds is 8. The van der Waals surface area contributed by atoms with Gasteiger partial charge in [0.05, 0.1) is 6.04 Å². The molecule has 0 aromatic carbocycles. The van der Waals surface area contributed by atoms with E-state index in [2.05, 4.69) is 48.8 Å². The molecule has 4 heteroatoms. The van der Waals surface area contributed by atoms with Crippen molar-refractivity contribution >= 4 is 6.29 Å². The number of aryl methyl sites for hydroxylation is 1. The van der Waals surface area contributed by atoms with Gasteiger partial charge in [-0.25, -0.2) is 4.98 Å². The van der Waals surface area contributed by atoms with Gasteiger partial charge >= 0.3 is 0 Å². The third-order valence-corrected chi connectivity index (χ3v) is 3.15. The molecule has 0 aliphatic carbocycles. The average Bonchev–Trinajstić information content (AvgIpc) is 2.79. The van der Waals surface area contributed by atoms with E-state index in [1.54, 1.807) is 6.20 Å². The normalized spacial score (nSPS) is 13.5. The fraction of sp³-hybridized carbons (Fsp3) is 0.714. The van der Waals surface area contributed by atoms with Gasteiger partial charge in [-0.1, -0.05) is 0 Å². The van der Waals surface area contributed by atoms with Crippen LogP contribution in [0, 0.1) is 6.20 Å². The summed E-state index contributed by atoms with van der Waals surface area (Å²) in [7, 11) is 0. The van der Waals surface area contributed by atoms with E-state index in [0.717, 1.165) is 31.4 Å². The maximum absolute atomic E-state index is 11.3. The number of carbonyl (C=O) groups is 1. The lowest BCUT2D eigenvalue weighted by Gasteiger charge is -2.35. The van der Waals surface area contributed by atoms with Crippen LogP contribution in [0.2, 0.25) is 0 Å². The van der Waals surface area contributed by atoms with Crippen LogP contribution in [-0.4, -0.2) is 39.3 Å². The Morgan fingerprint density at radius 3 is 2.50 bits per heavy atom. The number of hydrogen-bond acceptors (Lipinski definition) is 3. The number of nitrogens with one attached hydrogen (secondary N) is 1. The van der Waals surface area contributed by atoms with Gasteiger partial charge < -0.3 is 9.78 Å². The van der Waals surface area contributed by atoms with Crippen LogP contribution in [0.4, 0.5) is 0 Å². The zero-order chi connectivity index (χ0) is 13.5. The molecule has 1 heterocycles. The van der Waals surface area contributed by atoms with Crippen LogP contribution in [0.1, 0.15) is 46.4 Å². The summed E-state index contributed by atoms with van der Waals surface area (Å²) in [5, 5.41) is 0. The molecule has 1 radical (unpaired) electrons. The minimum absolute atomic E-state index is 0.00365. The van der Waals surface area contributed by atoms with Crippen molar-refractivity contribution in [2.75, 3.05) is 0 Å². The van der Waals surface area contributed by atoms with Crippen molar-refractivity contribution in [2.45, 2.75) is 65.1 Å². The summed E-state index contributed by atoms with van der Waals surface area (Å²) in [5.74, 6) is 0.945. The number of carbonyl (C=O) groups excluding carboxylic acids is 1. The Morgan fingerprint density at radius 1 is 1.39 bits per heavy atom. The highest BCUT2D eigenvalue weighted by Crippen LogP contribution is 2.14. The van der Waals surface area contributed by atoms with E-state index in [1.165, 1.54) is 0 Å². The van der Waals surface area contributed by atoms with Crippen molar-refractivity contribution < 1.29 is 4.79 Å². The molecule has 0 aliphatic rings. The van der Waals surface area contributed by atoms with E-state index >= 15 is 0 Å². The molecule has 1 unspecified atom stereocenters. The molecule has 0 amide bonds. The number of aromatic nitrogens is 2. The van der Waals surface area contributed by atoms with E-state index in [4.69, 9.17) is 0 Å². The molecule has 0 saturated carbocycles. The van der Waals surface area contributed by atoms with Crippen molar-refractivity contribution in [2.24, 2.45) is 0 Å². The summed E-state index contributed by atoms with van der Waals surface area (Å²) in [4.78, 5) is 20.6. The van der Waals surface area contributed by atoms with Gasteiger partial charge in [0.25, 0.3) is 0 Å². The number of H-pyrrole nitrogens is 1. The van der Waals surface area contributed by atoms with Crippen LogP contribution in [0.15, 0.2) is 6.20 Å². The smallest absolute Gasteiger partial charge is 0.137 e. The predicted octanol–water partition coefficient (Wildman–Crippen LogP) is 2.22. The van der Waals surface area contributed by atoms with E-state index in [9.17, 15) is 4.79 Å². The third-order valence-electron chi connectivity index (χ3n) is 3.15. The molecular formula is C14H24N3O. The highest BCUT2D eigenvalue weighted by Gasteiger charge is 2.22. The van der Waals surface area contributed by atoms with Crippen LogP contribution >= 0.6 is 0 Å². The van der Waals surface area contributed by atoms with E-state index in [-0.39, 0.29) is 6.04 Å². The van der Waals surface area contributed by atoms with Gasteiger partial charge in [-0.15, -0.1) is 0 Å². The molecule has 0 spiro atoms. The molecule has 0 aliphatic heterocycles. The van der Waals surface area contributed by atoms with Crippen molar-refractivity contribution in [1.29, 1.82) is 0 Å². The summed E-state index contributed by atoms with van der Waals surface area (Å²) in [6.07, 6.45) is 8.25. The summed E-state index contributed by atoms with van der Waals surface area (Å²) < 4.78 is 0. The van der Waals surface area contributed by atoms with Crippen molar-refractivity contribution in [3.05, 3.63) is 18.2 Å². The molecule has 0 saturated heterocycles. The second-order valence-electron chi connectivity index (χ2n) is 5.21. The van der Waals surface area contributed by atoms with Gasteiger partial charge in [-0.3, -0.25) is 4.90 Å². The minimum atomic E-state index is 0.00365. The van der Waals surface area contributed by atoms with E-state index in [1.807, 2.05) is 0 Å². The second-order valence-corrected chi connectivity index (χ2v) is 5.21. The molecule has 18 heavy (non-hydrogen) atoms. The van der Waals surface area contributed by atoms with Crippen LogP contribution < -0.4 is 0 Å². The largest absolute Gasteiger partial charge is 0.348 e. The lowest BCUT2D eigenvalue weighted by Crippen LogP contribution is -2.45. The zero-order valence-corrected chi connectivity index (χ0v) is 11.8. The van der Waals surface area contributed by atoms with E-state index < -0.39 is 0 Å². The van der Waals surface area contributed by atoms with Crippen molar-refractivity contribution in [1.82, 2.24) is 14.9 Å². The Morgan fingerprint density at radius 2 is 2.06 bits per heavy atom. The topological polar surface area (TPSA) is 49.0 Å². The molecule has 1 atom stereocenters. The predicted molar refractivity (Wildman–Crippen MR) is 72.3 cm³/mol. The molecule has 1 rings (SSSR count). The number of nitrogens with zero attached hydrogens (tertiary/aromatic N) is 2. The Hall–Kier alpha value is -1.16. The van der Waals surface area contributed by atoms with Gasteiger partial charge in [0.15, 0.2) is 0 Å². The van der Waals surface area contributed by atoms with Gasteiger partial charge in [0.2, 0.25) is 0 Å². The number of aromatic amines is 1.